The van der Waals surface area contributed by atoms with Crippen molar-refractivity contribution in [1.29, 1.82) is 0 Å². The van der Waals surface area contributed by atoms with Crippen molar-refractivity contribution < 1.29 is 4.74 Å². The fraction of sp³-hybridized carbons (Fsp3) is 0.647. The summed E-state index contributed by atoms with van der Waals surface area (Å²) in [7, 11) is 1.75. The highest BCUT2D eigenvalue weighted by Gasteiger charge is 2.27. The maximum absolute atomic E-state index is 6.21. The van der Waals surface area contributed by atoms with Crippen LogP contribution in [0.4, 0.5) is 0 Å². The first-order valence-corrected chi connectivity index (χ1v) is 8.18. The number of methoxy groups -OCH3 is 1. The van der Waals surface area contributed by atoms with Gasteiger partial charge in [-0.25, -0.2) is 0 Å². The van der Waals surface area contributed by atoms with Crippen molar-refractivity contribution in [3.63, 3.8) is 0 Å². The van der Waals surface area contributed by atoms with Crippen molar-refractivity contribution in [2.24, 2.45) is 5.92 Å². The summed E-state index contributed by atoms with van der Waals surface area (Å²) in [6.45, 7) is 4.30. The molecule has 0 heterocycles. The van der Waals surface area contributed by atoms with E-state index in [1.165, 1.54) is 37.7 Å². The molecule has 0 aliphatic heterocycles. The third-order valence-electron chi connectivity index (χ3n) is 4.41. The zero-order valence-corrected chi connectivity index (χ0v) is 13.4. The van der Waals surface area contributed by atoms with Gasteiger partial charge in [0.05, 0.1) is 7.11 Å². The molecule has 1 aromatic rings. The fourth-order valence-electron chi connectivity index (χ4n) is 3.36. The standard InChI is InChI=1S/C17H26ClNO/c1-3-19-12-13-7-5-4-6-8-15(13)16-11-14(18)9-10-17(16)20-2/h9-11,13,15,19H,3-8,12H2,1-2H3. The van der Waals surface area contributed by atoms with Gasteiger partial charge in [-0.3, -0.25) is 0 Å². The van der Waals surface area contributed by atoms with E-state index < -0.39 is 0 Å². The van der Waals surface area contributed by atoms with Gasteiger partial charge >= 0.3 is 0 Å². The Morgan fingerprint density at radius 3 is 2.80 bits per heavy atom. The van der Waals surface area contributed by atoms with Gasteiger partial charge in [0.25, 0.3) is 0 Å². The van der Waals surface area contributed by atoms with Gasteiger partial charge in [-0.15, -0.1) is 0 Å². The number of hydrogen-bond donors (Lipinski definition) is 1. The third-order valence-corrected chi connectivity index (χ3v) is 4.64. The van der Waals surface area contributed by atoms with E-state index in [4.69, 9.17) is 16.3 Å². The van der Waals surface area contributed by atoms with E-state index in [-0.39, 0.29) is 0 Å². The molecular weight excluding hydrogens is 270 g/mol. The molecule has 2 atom stereocenters. The molecule has 2 nitrogen and oxygen atoms in total. The summed E-state index contributed by atoms with van der Waals surface area (Å²) in [5.41, 5.74) is 1.30. The Kier molecular flexibility index (Phi) is 6.18. The van der Waals surface area contributed by atoms with Crippen LogP contribution in [0.15, 0.2) is 18.2 Å². The number of benzene rings is 1. The average molecular weight is 296 g/mol. The van der Waals surface area contributed by atoms with Gasteiger partial charge in [-0.05, 0) is 61.5 Å². The number of halogens is 1. The van der Waals surface area contributed by atoms with Crippen LogP contribution in [0.2, 0.25) is 5.02 Å². The third kappa shape index (κ3) is 3.89. The maximum atomic E-state index is 6.21. The molecule has 3 heteroatoms. The summed E-state index contributed by atoms with van der Waals surface area (Å²) in [6.07, 6.45) is 6.54. The van der Waals surface area contributed by atoms with Crippen LogP contribution in [0.1, 0.15) is 50.5 Å². The Labute approximate surface area is 127 Å². The van der Waals surface area contributed by atoms with Crippen LogP contribution in [-0.4, -0.2) is 20.2 Å². The topological polar surface area (TPSA) is 21.3 Å². The highest BCUT2D eigenvalue weighted by atomic mass is 35.5. The second-order valence-electron chi connectivity index (χ2n) is 5.70. The first-order chi connectivity index (χ1) is 9.76. The molecule has 112 valence electrons. The molecule has 0 amide bonds. The number of hydrogen-bond acceptors (Lipinski definition) is 2. The summed E-state index contributed by atoms with van der Waals surface area (Å²) in [6, 6.07) is 6.03. The molecule has 1 N–H and O–H groups in total. The van der Waals surface area contributed by atoms with E-state index in [0.717, 1.165) is 23.9 Å². The van der Waals surface area contributed by atoms with Crippen LogP contribution >= 0.6 is 11.6 Å². The molecule has 1 saturated carbocycles. The molecule has 1 aliphatic rings. The van der Waals surface area contributed by atoms with Gasteiger partial charge < -0.3 is 10.1 Å². The van der Waals surface area contributed by atoms with Gasteiger partial charge in [0.1, 0.15) is 5.75 Å². The van der Waals surface area contributed by atoms with Crippen LogP contribution < -0.4 is 10.1 Å². The van der Waals surface area contributed by atoms with E-state index in [9.17, 15) is 0 Å². The lowest BCUT2D eigenvalue weighted by atomic mass is 9.82. The lowest BCUT2D eigenvalue weighted by molar-refractivity contribution is 0.356. The first kappa shape index (κ1) is 15.7. The molecule has 1 aromatic carbocycles. The lowest BCUT2D eigenvalue weighted by Crippen LogP contribution is -2.27. The number of ether oxygens (including phenoxy) is 1. The van der Waals surface area contributed by atoms with Crippen molar-refractivity contribution in [1.82, 2.24) is 5.32 Å². The molecule has 0 saturated heterocycles. The van der Waals surface area contributed by atoms with Crippen LogP contribution in [0.5, 0.6) is 5.75 Å². The monoisotopic (exact) mass is 295 g/mol. The van der Waals surface area contributed by atoms with Crippen molar-refractivity contribution in [3.05, 3.63) is 28.8 Å². The molecule has 0 radical (unpaired) electrons. The van der Waals surface area contributed by atoms with Crippen LogP contribution in [0.3, 0.4) is 0 Å². The fourth-order valence-corrected chi connectivity index (χ4v) is 3.54. The summed E-state index contributed by atoms with van der Waals surface area (Å²) in [5, 5.41) is 4.34. The van der Waals surface area contributed by atoms with Crippen LogP contribution in [0, 0.1) is 5.92 Å². The van der Waals surface area contributed by atoms with Crippen molar-refractivity contribution in [3.8, 4) is 5.75 Å². The Hall–Kier alpha value is -0.730. The Balaban J connectivity index is 2.27. The minimum atomic E-state index is 0.560. The summed E-state index contributed by atoms with van der Waals surface area (Å²) < 4.78 is 5.57. The maximum Gasteiger partial charge on any atom is 0.122 e. The molecular formula is C17H26ClNO. The molecule has 0 aromatic heterocycles. The Morgan fingerprint density at radius 2 is 2.05 bits per heavy atom. The van der Waals surface area contributed by atoms with Gasteiger partial charge in [0, 0.05) is 5.02 Å². The summed E-state index contributed by atoms with van der Waals surface area (Å²) in [5.74, 6) is 2.23. The molecule has 1 fully saturated rings. The second kappa shape index (κ2) is 7.90. The van der Waals surface area contributed by atoms with E-state index >= 15 is 0 Å². The van der Waals surface area contributed by atoms with Crippen LogP contribution in [-0.2, 0) is 0 Å². The Morgan fingerprint density at radius 1 is 1.25 bits per heavy atom. The smallest absolute Gasteiger partial charge is 0.122 e. The lowest BCUT2D eigenvalue weighted by Gasteiger charge is -2.27. The molecule has 2 unspecified atom stereocenters. The summed E-state index contributed by atoms with van der Waals surface area (Å²) in [4.78, 5) is 0. The molecule has 20 heavy (non-hydrogen) atoms. The summed E-state index contributed by atoms with van der Waals surface area (Å²) >= 11 is 6.21. The predicted octanol–water partition coefficient (Wildman–Crippen LogP) is 4.62. The molecule has 2 rings (SSSR count). The molecule has 1 aliphatic carbocycles. The van der Waals surface area contributed by atoms with Gasteiger partial charge in [-0.1, -0.05) is 37.8 Å². The number of rotatable bonds is 5. The Bertz CT molecular complexity index is 421. The van der Waals surface area contributed by atoms with Gasteiger partial charge in [0.15, 0.2) is 0 Å². The number of nitrogens with one attached hydrogen (secondary N) is 1. The molecule has 0 spiro atoms. The quantitative estimate of drug-likeness (QED) is 0.800. The van der Waals surface area contributed by atoms with Gasteiger partial charge in [0.2, 0.25) is 0 Å². The average Bonchev–Trinajstić information content (AvgIpc) is 2.70. The second-order valence-corrected chi connectivity index (χ2v) is 6.13. The largest absolute Gasteiger partial charge is 0.496 e. The highest BCUT2D eigenvalue weighted by molar-refractivity contribution is 6.30. The zero-order chi connectivity index (χ0) is 14.4. The van der Waals surface area contributed by atoms with E-state index in [2.05, 4.69) is 18.3 Å². The van der Waals surface area contributed by atoms with Gasteiger partial charge in [-0.2, -0.15) is 0 Å². The first-order valence-electron chi connectivity index (χ1n) is 7.80. The normalized spacial score (nSPS) is 23.4. The molecule has 0 bridgehead atoms. The highest BCUT2D eigenvalue weighted by Crippen LogP contribution is 2.41. The van der Waals surface area contributed by atoms with Crippen molar-refractivity contribution >= 4 is 11.6 Å². The SMILES string of the molecule is CCNCC1CCCCCC1c1cc(Cl)ccc1OC. The zero-order valence-electron chi connectivity index (χ0n) is 12.6. The van der Waals surface area contributed by atoms with E-state index in [0.29, 0.717) is 11.8 Å². The van der Waals surface area contributed by atoms with E-state index in [1.807, 2.05) is 12.1 Å². The minimum absolute atomic E-state index is 0.560. The van der Waals surface area contributed by atoms with Crippen LogP contribution in [0.25, 0.3) is 0 Å². The predicted molar refractivity (Wildman–Crippen MR) is 85.9 cm³/mol. The van der Waals surface area contributed by atoms with Crippen molar-refractivity contribution in [2.45, 2.75) is 44.9 Å². The minimum Gasteiger partial charge on any atom is -0.496 e. The van der Waals surface area contributed by atoms with E-state index in [1.54, 1.807) is 7.11 Å². The van der Waals surface area contributed by atoms with Crippen molar-refractivity contribution in [2.75, 3.05) is 20.2 Å².